The summed E-state index contributed by atoms with van der Waals surface area (Å²) in [5.41, 5.74) is 0. The third kappa shape index (κ3) is 4.59. The lowest BCUT2D eigenvalue weighted by Gasteiger charge is -1.98. The van der Waals surface area contributed by atoms with Gasteiger partial charge in [0.25, 0.3) is 0 Å². The number of hydrogen-bond donors (Lipinski definition) is 0. The minimum Gasteiger partial charge on any atom is -0.249 e. The van der Waals surface area contributed by atoms with E-state index in [1.807, 2.05) is 0 Å². The first-order chi connectivity index (χ1) is 4.62. The van der Waals surface area contributed by atoms with Crippen LogP contribution in [0.3, 0.4) is 0 Å². The zero-order valence-corrected chi connectivity index (χ0v) is 5.73. The Bertz CT molecular complexity index is 165. The highest BCUT2D eigenvalue weighted by Crippen LogP contribution is 1.94. The van der Waals surface area contributed by atoms with Gasteiger partial charge in [-0.25, -0.2) is 17.1 Å². The van der Waals surface area contributed by atoms with Crippen LogP contribution in [0.4, 0.5) is 8.78 Å². The summed E-state index contributed by atoms with van der Waals surface area (Å²) in [4.78, 5) is 0. The molecule has 0 aliphatic heterocycles. The van der Waals surface area contributed by atoms with Crippen molar-refractivity contribution in [3.8, 4) is 0 Å². The van der Waals surface area contributed by atoms with Gasteiger partial charge in [-0.05, 0) is 0 Å². The van der Waals surface area contributed by atoms with Gasteiger partial charge in [0.1, 0.15) is 6.67 Å². The van der Waals surface area contributed by atoms with E-state index >= 15 is 0 Å². The topological polar surface area (TPSA) is 52.6 Å². The van der Waals surface area contributed by atoms with Crippen molar-refractivity contribution in [3.05, 3.63) is 0 Å². The van der Waals surface area contributed by atoms with E-state index in [4.69, 9.17) is 0 Å². The molecule has 10 heavy (non-hydrogen) atoms. The van der Waals surface area contributed by atoms with Gasteiger partial charge in [-0.2, -0.15) is 8.42 Å². The Morgan fingerprint density at radius 1 is 1.20 bits per heavy atom. The number of alkyl halides is 2. The van der Waals surface area contributed by atoms with Crippen molar-refractivity contribution < 1.29 is 25.6 Å². The van der Waals surface area contributed by atoms with Gasteiger partial charge in [0.2, 0.25) is 6.86 Å². The maximum absolute atomic E-state index is 11.2. The maximum atomic E-state index is 11.2. The van der Waals surface area contributed by atoms with Crippen molar-refractivity contribution in [1.29, 1.82) is 0 Å². The first-order valence-corrected chi connectivity index (χ1v) is 3.61. The SMILES string of the molecule is O=S(=O)(OCF)OCCF. The van der Waals surface area contributed by atoms with Crippen LogP contribution in [0.2, 0.25) is 0 Å². The molecular weight excluding hydrogens is 170 g/mol. The van der Waals surface area contributed by atoms with Gasteiger partial charge >= 0.3 is 10.4 Å². The summed E-state index contributed by atoms with van der Waals surface area (Å²) in [5, 5.41) is 0. The first kappa shape index (κ1) is 9.73. The van der Waals surface area contributed by atoms with Crippen LogP contribution in [0, 0.1) is 0 Å². The Morgan fingerprint density at radius 2 is 1.80 bits per heavy atom. The number of rotatable bonds is 5. The number of halogens is 2. The zero-order valence-electron chi connectivity index (χ0n) is 4.92. The van der Waals surface area contributed by atoms with Gasteiger partial charge in [0, 0.05) is 0 Å². The van der Waals surface area contributed by atoms with E-state index in [1.165, 1.54) is 0 Å². The Balaban J connectivity index is 3.65. The summed E-state index contributed by atoms with van der Waals surface area (Å²) in [7, 11) is -4.31. The minimum atomic E-state index is -4.31. The Morgan fingerprint density at radius 3 is 2.20 bits per heavy atom. The highest BCUT2D eigenvalue weighted by molar-refractivity contribution is 7.81. The molecule has 0 aliphatic rings. The lowest BCUT2D eigenvalue weighted by molar-refractivity contribution is 0.147. The van der Waals surface area contributed by atoms with E-state index in [2.05, 4.69) is 8.37 Å². The summed E-state index contributed by atoms with van der Waals surface area (Å²) in [6, 6.07) is 0. The fraction of sp³-hybridized carbons (Fsp3) is 1.00. The van der Waals surface area contributed by atoms with E-state index in [9.17, 15) is 17.2 Å². The quantitative estimate of drug-likeness (QED) is 0.598. The second-order valence-electron chi connectivity index (χ2n) is 1.15. The molecule has 0 heterocycles. The first-order valence-electron chi connectivity index (χ1n) is 2.28. The fourth-order valence-electron chi connectivity index (χ4n) is 0.222. The van der Waals surface area contributed by atoms with Crippen molar-refractivity contribution in [2.24, 2.45) is 0 Å². The molecule has 0 unspecified atom stereocenters. The normalized spacial score (nSPS) is 11.8. The average Bonchev–Trinajstić information content (AvgIpc) is 1.84. The second-order valence-corrected chi connectivity index (χ2v) is 2.43. The Kier molecular flexibility index (Phi) is 4.41. The van der Waals surface area contributed by atoms with E-state index in [0.717, 1.165) is 0 Å². The molecule has 0 aliphatic carbocycles. The summed E-state index contributed by atoms with van der Waals surface area (Å²) < 4.78 is 49.8. The zero-order chi connectivity index (χ0) is 8.04. The van der Waals surface area contributed by atoms with Crippen LogP contribution in [0.15, 0.2) is 0 Å². The third-order valence-corrected chi connectivity index (χ3v) is 1.33. The lowest BCUT2D eigenvalue weighted by Crippen LogP contribution is -2.11. The van der Waals surface area contributed by atoms with Gasteiger partial charge in [-0.1, -0.05) is 0 Å². The Hall–Kier alpha value is -0.270. The van der Waals surface area contributed by atoms with E-state index in [-0.39, 0.29) is 0 Å². The molecule has 0 spiro atoms. The second kappa shape index (κ2) is 4.53. The molecule has 0 saturated heterocycles. The fourth-order valence-corrected chi connectivity index (χ4v) is 0.666. The highest BCUT2D eigenvalue weighted by Gasteiger charge is 2.10. The van der Waals surface area contributed by atoms with Crippen LogP contribution in [0.25, 0.3) is 0 Å². The molecule has 0 bridgehead atoms. The van der Waals surface area contributed by atoms with Gasteiger partial charge in [-0.3, -0.25) is 0 Å². The minimum absolute atomic E-state index is 0.650. The molecule has 0 rings (SSSR count). The molecule has 0 aromatic heterocycles. The predicted molar refractivity (Wildman–Crippen MR) is 27.9 cm³/mol. The van der Waals surface area contributed by atoms with E-state index in [1.54, 1.807) is 0 Å². The van der Waals surface area contributed by atoms with Gasteiger partial charge in [-0.15, -0.1) is 0 Å². The molecule has 0 radical (unpaired) electrons. The summed E-state index contributed by atoms with van der Waals surface area (Å²) >= 11 is 0. The molecule has 0 amide bonds. The van der Waals surface area contributed by atoms with Crippen molar-refractivity contribution in [2.45, 2.75) is 0 Å². The van der Waals surface area contributed by atoms with Crippen LogP contribution in [0.1, 0.15) is 0 Å². The standard InChI is InChI=1S/C3H6F2O4S/c4-1-2-8-10(6,7)9-3-5/h1-3H2. The Labute approximate surface area is 57.1 Å². The smallest absolute Gasteiger partial charge is 0.249 e. The maximum Gasteiger partial charge on any atom is 0.402 e. The van der Waals surface area contributed by atoms with Gasteiger partial charge in [0.15, 0.2) is 0 Å². The molecule has 0 aromatic carbocycles. The molecule has 0 saturated carbocycles. The highest BCUT2D eigenvalue weighted by atomic mass is 32.3. The van der Waals surface area contributed by atoms with Crippen molar-refractivity contribution >= 4 is 10.4 Å². The summed E-state index contributed by atoms with van der Waals surface area (Å²) in [5.74, 6) is 0. The molecular formula is C3H6F2O4S. The molecule has 0 fully saturated rings. The van der Waals surface area contributed by atoms with Crippen molar-refractivity contribution in [1.82, 2.24) is 0 Å². The average molecular weight is 176 g/mol. The van der Waals surface area contributed by atoms with Gasteiger partial charge < -0.3 is 0 Å². The molecule has 62 valence electrons. The van der Waals surface area contributed by atoms with Crippen LogP contribution in [-0.4, -0.2) is 28.6 Å². The van der Waals surface area contributed by atoms with Gasteiger partial charge in [0.05, 0.1) is 6.61 Å². The van der Waals surface area contributed by atoms with Crippen LogP contribution in [-0.2, 0) is 18.8 Å². The largest absolute Gasteiger partial charge is 0.402 e. The van der Waals surface area contributed by atoms with Crippen LogP contribution < -0.4 is 0 Å². The monoisotopic (exact) mass is 176 g/mol. The van der Waals surface area contributed by atoms with Crippen molar-refractivity contribution in [3.63, 3.8) is 0 Å². The molecule has 4 nitrogen and oxygen atoms in total. The third-order valence-electron chi connectivity index (χ3n) is 0.494. The van der Waals surface area contributed by atoms with E-state index in [0.29, 0.717) is 0 Å². The molecule has 0 atom stereocenters. The molecule has 7 heteroatoms. The summed E-state index contributed by atoms with van der Waals surface area (Å²) in [6.07, 6.45) is 0. The van der Waals surface area contributed by atoms with Crippen LogP contribution in [0.5, 0.6) is 0 Å². The van der Waals surface area contributed by atoms with Crippen LogP contribution >= 0.6 is 0 Å². The van der Waals surface area contributed by atoms with Crippen molar-refractivity contribution in [2.75, 3.05) is 20.1 Å². The lowest BCUT2D eigenvalue weighted by atomic mass is 10.9. The number of hydrogen-bond acceptors (Lipinski definition) is 4. The summed E-state index contributed by atoms with van der Waals surface area (Å²) in [6.45, 7) is -3.12. The predicted octanol–water partition coefficient (Wildman–Crippen LogP) is 0.161. The molecule has 0 N–H and O–H groups in total. The molecule has 0 aromatic rings. The van der Waals surface area contributed by atoms with E-state index < -0.39 is 30.5 Å².